The standard InChI is InChI=1S/2C10H18O/c2*1-10(2)8-4-3-7(6-11)9(10)5-8/h2*7-9,11H,3-6H2,1-2H3. The molecule has 0 heterocycles. The predicted octanol–water partition coefficient (Wildman–Crippen LogP) is 4.10. The van der Waals surface area contributed by atoms with Crippen LogP contribution in [0.1, 0.15) is 66.2 Å². The molecule has 6 aliphatic rings. The van der Waals surface area contributed by atoms with Crippen molar-refractivity contribution in [1.82, 2.24) is 0 Å². The Kier molecular flexibility index (Phi) is 4.40. The topological polar surface area (TPSA) is 40.5 Å². The molecule has 0 aromatic heterocycles. The van der Waals surface area contributed by atoms with Gasteiger partial charge in [-0.25, -0.2) is 0 Å². The first-order chi connectivity index (χ1) is 10.3. The largest absolute Gasteiger partial charge is 0.396 e. The van der Waals surface area contributed by atoms with Crippen LogP contribution in [0.2, 0.25) is 0 Å². The maximum atomic E-state index is 9.12. The van der Waals surface area contributed by atoms with Crippen LogP contribution in [0.3, 0.4) is 0 Å². The summed E-state index contributed by atoms with van der Waals surface area (Å²) in [5.41, 5.74) is 1.09. The van der Waals surface area contributed by atoms with Crippen molar-refractivity contribution in [2.45, 2.75) is 66.2 Å². The average molecular weight is 309 g/mol. The number of fused-ring (bicyclic) bond motifs is 4. The highest BCUT2D eigenvalue weighted by atomic mass is 16.3. The second-order valence-electron chi connectivity index (χ2n) is 9.76. The van der Waals surface area contributed by atoms with Gasteiger partial charge in [-0.2, -0.15) is 0 Å². The molecule has 2 nitrogen and oxygen atoms in total. The van der Waals surface area contributed by atoms with Crippen molar-refractivity contribution in [3.05, 3.63) is 0 Å². The van der Waals surface area contributed by atoms with E-state index < -0.39 is 0 Å². The molecule has 0 saturated heterocycles. The summed E-state index contributed by atoms with van der Waals surface area (Å²) in [7, 11) is 0. The van der Waals surface area contributed by atoms with Gasteiger partial charge in [0.1, 0.15) is 0 Å². The molecule has 0 amide bonds. The van der Waals surface area contributed by atoms with Gasteiger partial charge in [0.25, 0.3) is 0 Å². The maximum absolute atomic E-state index is 9.12. The fraction of sp³-hybridized carbons (Fsp3) is 1.00. The van der Waals surface area contributed by atoms with Gasteiger partial charge in [0.15, 0.2) is 0 Å². The predicted molar refractivity (Wildman–Crippen MR) is 90.4 cm³/mol. The van der Waals surface area contributed by atoms with Gasteiger partial charge in [-0.3, -0.25) is 0 Å². The Morgan fingerprint density at radius 3 is 1.23 bits per heavy atom. The monoisotopic (exact) mass is 308 g/mol. The summed E-state index contributed by atoms with van der Waals surface area (Å²) in [6.07, 6.45) is 8.03. The van der Waals surface area contributed by atoms with Crippen LogP contribution in [0.4, 0.5) is 0 Å². The van der Waals surface area contributed by atoms with Crippen LogP contribution < -0.4 is 0 Å². The van der Waals surface area contributed by atoms with Gasteiger partial charge >= 0.3 is 0 Å². The molecule has 4 bridgehead atoms. The van der Waals surface area contributed by atoms with E-state index in [4.69, 9.17) is 10.2 Å². The van der Waals surface area contributed by atoms with E-state index in [-0.39, 0.29) is 0 Å². The molecule has 2 heteroatoms. The van der Waals surface area contributed by atoms with Gasteiger partial charge in [-0.05, 0) is 84.9 Å². The normalized spacial score (nSPS) is 46.6. The number of hydrogen-bond donors (Lipinski definition) is 2. The van der Waals surface area contributed by atoms with Crippen LogP contribution in [-0.2, 0) is 0 Å². The first-order valence-corrected chi connectivity index (χ1v) is 9.54. The third-order valence-electron chi connectivity index (χ3n) is 8.47. The van der Waals surface area contributed by atoms with Crippen molar-refractivity contribution in [3.63, 3.8) is 0 Å². The van der Waals surface area contributed by atoms with Crippen LogP contribution >= 0.6 is 0 Å². The third kappa shape index (κ3) is 2.45. The second kappa shape index (κ2) is 5.77. The van der Waals surface area contributed by atoms with Crippen LogP contribution in [0.15, 0.2) is 0 Å². The molecule has 0 spiro atoms. The van der Waals surface area contributed by atoms with Crippen molar-refractivity contribution in [1.29, 1.82) is 0 Å². The van der Waals surface area contributed by atoms with Crippen molar-refractivity contribution in [3.8, 4) is 0 Å². The lowest BCUT2D eigenvalue weighted by Crippen LogP contribution is -2.53. The molecule has 0 aliphatic heterocycles. The van der Waals surface area contributed by atoms with Crippen LogP contribution in [0.25, 0.3) is 0 Å². The van der Waals surface area contributed by atoms with Crippen molar-refractivity contribution >= 4 is 0 Å². The quantitative estimate of drug-likeness (QED) is 0.806. The number of aliphatic hydroxyl groups is 2. The Bertz CT molecular complexity index is 359. The van der Waals surface area contributed by atoms with E-state index in [1.807, 2.05) is 0 Å². The Labute approximate surface area is 136 Å². The molecule has 6 saturated carbocycles. The molecule has 22 heavy (non-hydrogen) atoms. The van der Waals surface area contributed by atoms with Crippen LogP contribution in [-0.4, -0.2) is 23.4 Å². The lowest BCUT2D eigenvalue weighted by Gasteiger charge is -2.59. The average Bonchev–Trinajstić information content (AvgIpc) is 2.54. The van der Waals surface area contributed by atoms with E-state index >= 15 is 0 Å². The zero-order valence-corrected chi connectivity index (χ0v) is 15.0. The molecule has 6 rings (SSSR count). The first-order valence-electron chi connectivity index (χ1n) is 9.54. The highest BCUT2D eigenvalue weighted by Gasteiger charge is 2.54. The fourth-order valence-electron chi connectivity index (χ4n) is 6.36. The number of aliphatic hydroxyl groups excluding tert-OH is 2. The van der Waals surface area contributed by atoms with Crippen LogP contribution in [0, 0.1) is 46.3 Å². The fourth-order valence-corrected chi connectivity index (χ4v) is 6.36. The van der Waals surface area contributed by atoms with E-state index in [0.29, 0.717) is 35.9 Å². The van der Waals surface area contributed by atoms with E-state index in [2.05, 4.69) is 27.7 Å². The minimum absolute atomic E-state index is 0.417. The Hall–Kier alpha value is -0.0800. The van der Waals surface area contributed by atoms with E-state index in [9.17, 15) is 0 Å². The highest BCUT2D eigenvalue weighted by molar-refractivity contribution is 5.03. The van der Waals surface area contributed by atoms with Crippen molar-refractivity contribution in [2.75, 3.05) is 13.2 Å². The molecule has 6 aliphatic carbocycles. The molecule has 0 aromatic rings. The molecule has 6 unspecified atom stereocenters. The zero-order chi connectivity index (χ0) is 16.1. The number of hydrogen-bond acceptors (Lipinski definition) is 2. The summed E-state index contributed by atoms with van der Waals surface area (Å²) in [6, 6.07) is 0. The molecule has 6 fully saturated rings. The first kappa shape index (κ1) is 16.8. The zero-order valence-electron chi connectivity index (χ0n) is 15.0. The summed E-state index contributed by atoms with van der Waals surface area (Å²) in [6.45, 7) is 10.3. The molecule has 0 aromatic carbocycles. The summed E-state index contributed by atoms with van der Waals surface area (Å²) in [5.74, 6) is 4.83. The Balaban J connectivity index is 0.000000131. The Morgan fingerprint density at radius 1 is 0.682 bits per heavy atom. The molecule has 2 N–H and O–H groups in total. The molecular formula is C20H36O2. The lowest BCUT2D eigenvalue weighted by molar-refractivity contribution is -0.116. The summed E-state index contributed by atoms with van der Waals surface area (Å²) in [4.78, 5) is 0. The SMILES string of the molecule is CC1(C)C2CCC(CO)C1C2.CC1(C)C2CCC(CO)C1C2. The lowest BCUT2D eigenvalue weighted by atomic mass is 9.46. The summed E-state index contributed by atoms with van der Waals surface area (Å²) < 4.78 is 0. The van der Waals surface area contributed by atoms with Crippen LogP contribution in [0.5, 0.6) is 0 Å². The van der Waals surface area contributed by atoms with E-state index in [1.54, 1.807) is 0 Å². The minimum atomic E-state index is 0.417. The van der Waals surface area contributed by atoms with Gasteiger partial charge < -0.3 is 10.2 Å². The van der Waals surface area contributed by atoms with Crippen molar-refractivity contribution in [2.24, 2.45) is 46.3 Å². The van der Waals surface area contributed by atoms with E-state index in [1.165, 1.54) is 38.5 Å². The molecule has 0 radical (unpaired) electrons. The maximum Gasteiger partial charge on any atom is 0.0462 e. The smallest absolute Gasteiger partial charge is 0.0462 e. The molecular weight excluding hydrogens is 272 g/mol. The summed E-state index contributed by atoms with van der Waals surface area (Å²) >= 11 is 0. The highest BCUT2D eigenvalue weighted by Crippen LogP contribution is 2.61. The van der Waals surface area contributed by atoms with Gasteiger partial charge in [0, 0.05) is 13.2 Å². The van der Waals surface area contributed by atoms with Gasteiger partial charge in [-0.1, -0.05) is 27.7 Å². The third-order valence-corrected chi connectivity index (χ3v) is 8.47. The Morgan fingerprint density at radius 2 is 1.05 bits per heavy atom. The van der Waals surface area contributed by atoms with E-state index in [0.717, 1.165) is 23.7 Å². The van der Waals surface area contributed by atoms with Gasteiger partial charge in [-0.15, -0.1) is 0 Å². The number of rotatable bonds is 2. The van der Waals surface area contributed by atoms with Gasteiger partial charge in [0.05, 0.1) is 0 Å². The van der Waals surface area contributed by atoms with Gasteiger partial charge in [0.2, 0.25) is 0 Å². The molecule has 128 valence electrons. The summed E-state index contributed by atoms with van der Waals surface area (Å²) in [5, 5.41) is 18.2. The van der Waals surface area contributed by atoms with Crippen molar-refractivity contribution < 1.29 is 10.2 Å². The second-order valence-corrected chi connectivity index (χ2v) is 9.76. The minimum Gasteiger partial charge on any atom is -0.396 e. The molecule has 6 atom stereocenters.